The Hall–Kier alpha value is -3.75. The van der Waals surface area contributed by atoms with Crippen molar-refractivity contribution in [3.8, 4) is 0 Å². The minimum atomic E-state index is -0.579. The van der Waals surface area contributed by atoms with Gasteiger partial charge in [0, 0.05) is 56.7 Å². The van der Waals surface area contributed by atoms with Gasteiger partial charge in [-0.2, -0.15) is 0 Å². The number of hydrogen-bond donors (Lipinski definition) is 1. The number of rotatable bonds is 3. The van der Waals surface area contributed by atoms with Crippen LogP contribution in [-0.2, 0) is 11.8 Å². The number of amides is 3. The molecule has 2 saturated heterocycles. The van der Waals surface area contributed by atoms with Crippen LogP contribution >= 0.6 is 0 Å². The third kappa shape index (κ3) is 5.82. The highest BCUT2D eigenvalue weighted by Gasteiger charge is 2.38. The van der Waals surface area contributed by atoms with E-state index in [2.05, 4.69) is 12.1 Å². The van der Waals surface area contributed by atoms with Crippen LogP contribution in [0.15, 0.2) is 48.8 Å². The van der Waals surface area contributed by atoms with E-state index in [4.69, 9.17) is 15.5 Å². The van der Waals surface area contributed by atoms with Gasteiger partial charge in [-0.25, -0.2) is 14.6 Å². The van der Waals surface area contributed by atoms with Crippen molar-refractivity contribution in [1.82, 2.24) is 19.4 Å². The molecule has 0 aliphatic carbocycles. The Labute approximate surface area is 230 Å². The van der Waals surface area contributed by atoms with Crippen molar-refractivity contribution in [3.63, 3.8) is 0 Å². The maximum atomic E-state index is 14.3. The van der Waals surface area contributed by atoms with E-state index in [1.165, 1.54) is 5.56 Å². The van der Waals surface area contributed by atoms with Crippen LogP contribution in [0.5, 0.6) is 0 Å². The zero-order valence-electron chi connectivity index (χ0n) is 23.5. The first kappa shape index (κ1) is 26.8. The van der Waals surface area contributed by atoms with Gasteiger partial charge in [-0.05, 0) is 82.2 Å². The van der Waals surface area contributed by atoms with E-state index in [0.717, 1.165) is 42.3 Å². The lowest BCUT2D eigenvalue weighted by molar-refractivity contribution is 0.0197. The fraction of sp³-hybridized carbons (Fsp3) is 0.500. The largest absolute Gasteiger partial charge is 0.444 e. The summed E-state index contributed by atoms with van der Waals surface area (Å²) >= 11 is 0. The number of aryl methyl sites for hydroxylation is 1. The molecule has 0 spiro atoms. The summed E-state index contributed by atoms with van der Waals surface area (Å²) in [6, 6.07) is 11.8. The van der Waals surface area contributed by atoms with E-state index in [9.17, 15) is 9.59 Å². The molecule has 0 bridgehead atoms. The zero-order chi connectivity index (χ0) is 27.7. The van der Waals surface area contributed by atoms with Gasteiger partial charge in [-0.15, -0.1) is 0 Å². The SMILES string of the molecule is Cn1ccc2ccnc(N(C(=O)N3CCC(c4ccc(N)cc4)CC3)[C@@H]3CCCN(C(=O)OC(C)(C)C)C3)c21. The first-order chi connectivity index (χ1) is 18.6. The van der Waals surface area contributed by atoms with Gasteiger partial charge in [0.25, 0.3) is 0 Å². The first-order valence-electron chi connectivity index (χ1n) is 13.9. The van der Waals surface area contributed by atoms with Crippen molar-refractivity contribution in [3.05, 3.63) is 54.4 Å². The van der Waals surface area contributed by atoms with Gasteiger partial charge in [0.1, 0.15) is 5.60 Å². The van der Waals surface area contributed by atoms with E-state index in [0.29, 0.717) is 37.9 Å². The number of urea groups is 1. The number of nitrogens with zero attached hydrogens (tertiary/aromatic N) is 5. The van der Waals surface area contributed by atoms with Gasteiger partial charge in [0.15, 0.2) is 5.82 Å². The van der Waals surface area contributed by atoms with Crippen molar-refractivity contribution in [1.29, 1.82) is 0 Å². The minimum absolute atomic E-state index is 0.0528. The third-order valence-corrected chi connectivity index (χ3v) is 7.79. The molecule has 1 atom stereocenters. The van der Waals surface area contributed by atoms with E-state index in [1.807, 2.05) is 72.6 Å². The molecule has 2 aliphatic heterocycles. The molecule has 5 rings (SSSR count). The summed E-state index contributed by atoms with van der Waals surface area (Å²) in [7, 11) is 1.97. The van der Waals surface area contributed by atoms with Crippen LogP contribution in [0, 0.1) is 0 Å². The molecule has 3 amide bonds. The molecule has 9 heteroatoms. The summed E-state index contributed by atoms with van der Waals surface area (Å²) in [5, 5.41) is 1.03. The molecule has 2 N–H and O–H groups in total. The normalized spacial score (nSPS) is 18.8. The molecule has 2 fully saturated rings. The molecule has 4 heterocycles. The number of piperidine rings is 2. The Morgan fingerprint density at radius 1 is 1.00 bits per heavy atom. The van der Waals surface area contributed by atoms with E-state index in [1.54, 1.807) is 11.1 Å². The Kier molecular flexibility index (Phi) is 7.42. The number of nitrogens with two attached hydrogens (primary N) is 1. The first-order valence-corrected chi connectivity index (χ1v) is 13.9. The molecule has 3 aromatic rings. The fourth-order valence-corrected chi connectivity index (χ4v) is 5.80. The van der Waals surface area contributed by atoms with Crippen molar-refractivity contribution in [2.24, 2.45) is 7.05 Å². The van der Waals surface area contributed by atoms with Crippen molar-refractivity contribution in [2.45, 2.75) is 64.0 Å². The molecule has 0 unspecified atom stereocenters. The highest BCUT2D eigenvalue weighted by Crippen LogP contribution is 2.33. The Bertz CT molecular complexity index is 1320. The number of carbonyl (C=O) groups is 2. The Morgan fingerprint density at radius 3 is 2.41 bits per heavy atom. The summed E-state index contributed by atoms with van der Waals surface area (Å²) in [6.45, 7) is 7.96. The molecule has 0 saturated carbocycles. The second-order valence-corrected chi connectivity index (χ2v) is 11.8. The van der Waals surface area contributed by atoms with Crippen LogP contribution in [-0.4, -0.2) is 69.3 Å². The predicted octanol–water partition coefficient (Wildman–Crippen LogP) is 5.36. The van der Waals surface area contributed by atoms with Crippen LogP contribution in [0.4, 0.5) is 21.1 Å². The summed E-state index contributed by atoms with van der Waals surface area (Å²) in [6.07, 6.45) is 6.77. The second-order valence-electron chi connectivity index (χ2n) is 11.8. The summed E-state index contributed by atoms with van der Waals surface area (Å²) in [4.78, 5) is 37.6. The van der Waals surface area contributed by atoms with Gasteiger partial charge in [-0.3, -0.25) is 4.90 Å². The molecular formula is C30H40N6O3. The van der Waals surface area contributed by atoms with Gasteiger partial charge in [0.2, 0.25) is 0 Å². The molecular weight excluding hydrogens is 492 g/mol. The molecule has 2 aliphatic rings. The number of anilines is 2. The number of ether oxygens (including phenoxy) is 1. The second kappa shape index (κ2) is 10.8. The number of likely N-dealkylation sites (tertiary alicyclic amines) is 2. The van der Waals surface area contributed by atoms with Gasteiger partial charge in [-0.1, -0.05) is 12.1 Å². The maximum Gasteiger partial charge on any atom is 0.410 e. The molecule has 1 aromatic carbocycles. The average Bonchev–Trinajstić information content (AvgIpc) is 3.30. The smallest absolute Gasteiger partial charge is 0.410 e. The quantitative estimate of drug-likeness (QED) is 0.458. The lowest BCUT2D eigenvalue weighted by Crippen LogP contribution is -2.57. The number of hydrogen-bond acceptors (Lipinski definition) is 5. The lowest BCUT2D eigenvalue weighted by Gasteiger charge is -2.42. The number of benzene rings is 1. The number of nitrogen functional groups attached to an aromatic ring is 1. The number of carbonyl (C=O) groups excluding carboxylic acids is 2. The monoisotopic (exact) mass is 532 g/mol. The summed E-state index contributed by atoms with van der Waals surface area (Å²) in [5.41, 5.74) is 8.24. The maximum absolute atomic E-state index is 14.3. The topological polar surface area (TPSA) is 96.9 Å². The molecule has 208 valence electrons. The van der Waals surface area contributed by atoms with E-state index in [-0.39, 0.29) is 18.2 Å². The average molecular weight is 533 g/mol. The van der Waals surface area contributed by atoms with Crippen LogP contribution < -0.4 is 10.6 Å². The van der Waals surface area contributed by atoms with Crippen LogP contribution in [0.25, 0.3) is 10.9 Å². The number of fused-ring (bicyclic) bond motifs is 1. The highest BCUT2D eigenvalue weighted by molar-refractivity contribution is 6.00. The van der Waals surface area contributed by atoms with Crippen LogP contribution in [0.2, 0.25) is 0 Å². The van der Waals surface area contributed by atoms with Gasteiger partial charge in [0.05, 0.1) is 11.6 Å². The predicted molar refractivity (Wildman–Crippen MR) is 154 cm³/mol. The molecule has 9 nitrogen and oxygen atoms in total. The van der Waals surface area contributed by atoms with Crippen molar-refractivity contribution < 1.29 is 14.3 Å². The highest BCUT2D eigenvalue weighted by atomic mass is 16.6. The van der Waals surface area contributed by atoms with E-state index < -0.39 is 5.60 Å². The minimum Gasteiger partial charge on any atom is -0.444 e. The van der Waals surface area contributed by atoms with Gasteiger partial charge < -0.3 is 24.8 Å². The lowest BCUT2D eigenvalue weighted by atomic mass is 9.89. The fourth-order valence-electron chi connectivity index (χ4n) is 5.80. The Balaban J connectivity index is 1.41. The molecule has 2 aromatic heterocycles. The van der Waals surface area contributed by atoms with Gasteiger partial charge >= 0.3 is 12.1 Å². The number of pyridine rings is 1. The van der Waals surface area contributed by atoms with Crippen molar-refractivity contribution >= 4 is 34.5 Å². The zero-order valence-corrected chi connectivity index (χ0v) is 23.5. The standard InChI is InChI=1S/C30H40N6O3/c1-30(2,3)39-29(38)35-16-5-6-25(20-35)36(27-26-23(11-15-32-27)12-17-33(26)4)28(37)34-18-13-22(14-19-34)21-7-9-24(31)10-8-21/h7-12,15,17,22,25H,5-6,13-14,16,18-20,31H2,1-4H3/t25-/m1/s1. The molecule has 39 heavy (non-hydrogen) atoms. The Morgan fingerprint density at radius 2 is 1.72 bits per heavy atom. The van der Waals surface area contributed by atoms with Crippen molar-refractivity contribution in [2.75, 3.05) is 36.8 Å². The summed E-state index contributed by atoms with van der Waals surface area (Å²) < 4.78 is 7.69. The third-order valence-electron chi connectivity index (χ3n) is 7.79. The van der Waals surface area contributed by atoms with E-state index >= 15 is 0 Å². The molecule has 0 radical (unpaired) electrons. The van der Waals surface area contributed by atoms with Crippen LogP contribution in [0.3, 0.4) is 0 Å². The number of aromatic nitrogens is 2. The summed E-state index contributed by atoms with van der Waals surface area (Å²) in [5.74, 6) is 1.04. The van der Waals surface area contributed by atoms with Crippen LogP contribution in [0.1, 0.15) is 57.9 Å².